The second-order valence-electron chi connectivity index (χ2n) is 3.65. The molecular formula is C13H13NO3. The van der Waals surface area contributed by atoms with Crippen LogP contribution in [0, 0.1) is 17.2 Å². The summed E-state index contributed by atoms with van der Waals surface area (Å²) in [5.41, 5.74) is 0.450. The standard InChI is InChI=1S/C13H13NO3/c1-9(15)11(8-14)7-13(16)10-4-3-5-12(6-10)17-2/h3-6,11H,7H2,1-2H3. The minimum Gasteiger partial charge on any atom is -0.497 e. The smallest absolute Gasteiger partial charge is 0.164 e. The van der Waals surface area contributed by atoms with E-state index in [0.717, 1.165) is 0 Å². The number of ether oxygens (including phenoxy) is 1. The van der Waals surface area contributed by atoms with Crippen LogP contribution in [0.4, 0.5) is 0 Å². The maximum absolute atomic E-state index is 11.8. The highest BCUT2D eigenvalue weighted by Gasteiger charge is 2.18. The van der Waals surface area contributed by atoms with Crippen LogP contribution in [-0.4, -0.2) is 18.7 Å². The Balaban J connectivity index is 2.83. The first-order chi connectivity index (χ1) is 8.08. The second-order valence-corrected chi connectivity index (χ2v) is 3.65. The van der Waals surface area contributed by atoms with Crippen LogP contribution in [0.2, 0.25) is 0 Å². The molecule has 0 aliphatic rings. The molecule has 0 bridgehead atoms. The first kappa shape index (κ1) is 12.9. The fraction of sp³-hybridized carbons (Fsp3) is 0.308. The van der Waals surface area contributed by atoms with E-state index >= 15 is 0 Å². The molecule has 1 aromatic rings. The third-order valence-electron chi connectivity index (χ3n) is 2.43. The van der Waals surface area contributed by atoms with Gasteiger partial charge >= 0.3 is 0 Å². The maximum Gasteiger partial charge on any atom is 0.164 e. The van der Waals surface area contributed by atoms with Crippen molar-refractivity contribution in [2.45, 2.75) is 13.3 Å². The number of carbonyl (C=O) groups is 2. The fourth-order valence-corrected chi connectivity index (χ4v) is 1.38. The lowest BCUT2D eigenvalue weighted by atomic mass is 9.96. The Labute approximate surface area is 99.8 Å². The van der Waals surface area contributed by atoms with E-state index in [1.807, 2.05) is 6.07 Å². The van der Waals surface area contributed by atoms with Crippen molar-refractivity contribution in [2.24, 2.45) is 5.92 Å². The van der Waals surface area contributed by atoms with Gasteiger partial charge < -0.3 is 4.74 Å². The predicted molar refractivity (Wildman–Crippen MR) is 61.7 cm³/mol. The Morgan fingerprint density at radius 2 is 2.18 bits per heavy atom. The van der Waals surface area contributed by atoms with Crippen molar-refractivity contribution in [3.8, 4) is 11.8 Å². The molecule has 17 heavy (non-hydrogen) atoms. The van der Waals surface area contributed by atoms with E-state index < -0.39 is 5.92 Å². The Morgan fingerprint density at radius 1 is 1.47 bits per heavy atom. The normalized spacial score (nSPS) is 11.4. The molecule has 0 fully saturated rings. The van der Waals surface area contributed by atoms with E-state index in [0.29, 0.717) is 11.3 Å². The van der Waals surface area contributed by atoms with Crippen molar-refractivity contribution in [2.75, 3.05) is 7.11 Å². The van der Waals surface area contributed by atoms with Crippen LogP contribution < -0.4 is 4.74 Å². The minimum absolute atomic E-state index is 0.0843. The van der Waals surface area contributed by atoms with Crippen molar-refractivity contribution in [3.63, 3.8) is 0 Å². The predicted octanol–water partition coefficient (Wildman–Crippen LogP) is 2.00. The molecule has 1 atom stereocenters. The van der Waals surface area contributed by atoms with E-state index in [9.17, 15) is 9.59 Å². The summed E-state index contributed by atoms with van der Waals surface area (Å²) in [6.45, 7) is 1.31. The molecule has 88 valence electrons. The summed E-state index contributed by atoms with van der Waals surface area (Å²) in [6, 6.07) is 8.48. The molecule has 0 N–H and O–H groups in total. The molecule has 1 aromatic carbocycles. The highest BCUT2D eigenvalue weighted by molar-refractivity contribution is 5.99. The van der Waals surface area contributed by atoms with Crippen LogP contribution in [0.15, 0.2) is 24.3 Å². The summed E-state index contributed by atoms with van der Waals surface area (Å²) < 4.78 is 5.00. The van der Waals surface area contributed by atoms with Crippen molar-refractivity contribution < 1.29 is 14.3 Å². The van der Waals surface area contributed by atoms with E-state index in [1.165, 1.54) is 14.0 Å². The molecule has 0 aliphatic carbocycles. The first-order valence-electron chi connectivity index (χ1n) is 5.15. The molecule has 0 aromatic heterocycles. The molecule has 0 radical (unpaired) electrons. The van der Waals surface area contributed by atoms with Crippen LogP contribution in [0.25, 0.3) is 0 Å². The number of nitrogens with zero attached hydrogens (tertiary/aromatic N) is 1. The van der Waals surface area contributed by atoms with Gasteiger partial charge in [0.05, 0.1) is 13.2 Å². The van der Waals surface area contributed by atoms with Gasteiger partial charge in [0.25, 0.3) is 0 Å². The molecule has 1 rings (SSSR count). The lowest BCUT2D eigenvalue weighted by molar-refractivity contribution is -0.119. The van der Waals surface area contributed by atoms with Crippen molar-refractivity contribution in [1.29, 1.82) is 5.26 Å². The van der Waals surface area contributed by atoms with Crippen molar-refractivity contribution in [1.82, 2.24) is 0 Å². The Hall–Kier alpha value is -2.15. The molecule has 1 unspecified atom stereocenters. The second kappa shape index (κ2) is 5.80. The van der Waals surface area contributed by atoms with Gasteiger partial charge in [0, 0.05) is 12.0 Å². The van der Waals surface area contributed by atoms with E-state index in [2.05, 4.69) is 0 Å². The molecular weight excluding hydrogens is 218 g/mol. The first-order valence-corrected chi connectivity index (χ1v) is 5.15. The van der Waals surface area contributed by atoms with Gasteiger partial charge in [0.2, 0.25) is 0 Å². The molecule has 4 heteroatoms. The van der Waals surface area contributed by atoms with Crippen LogP contribution in [0.1, 0.15) is 23.7 Å². The number of hydrogen-bond donors (Lipinski definition) is 0. The van der Waals surface area contributed by atoms with Gasteiger partial charge in [-0.15, -0.1) is 0 Å². The third-order valence-corrected chi connectivity index (χ3v) is 2.43. The number of nitriles is 1. The summed E-state index contributed by atoms with van der Waals surface area (Å²) in [7, 11) is 1.51. The van der Waals surface area contributed by atoms with Gasteiger partial charge in [-0.3, -0.25) is 9.59 Å². The number of hydrogen-bond acceptors (Lipinski definition) is 4. The monoisotopic (exact) mass is 231 g/mol. The van der Waals surface area contributed by atoms with Crippen LogP contribution >= 0.6 is 0 Å². The number of benzene rings is 1. The summed E-state index contributed by atoms with van der Waals surface area (Å²) in [5, 5.41) is 8.75. The van der Waals surface area contributed by atoms with E-state index in [4.69, 9.17) is 10.00 Å². The quantitative estimate of drug-likeness (QED) is 0.727. The summed E-state index contributed by atoms with van der Waals surface area (Å²) in [4.78, 5) is 22.9. The Kier molecular flexibility index (Phi) is 4.41. The van der Waals surface area contributed by atoms with Gasteiger partial charge in [-0.2, -0.15) is 5.26 Å². The average molecular weight is 231 g/mol. The number of ketones is 2. The van der Waals surface area contributed by atoms with Gasteiger partial charge in [-0.1, -0.05) is 12.1 Å². The number of Topliss-reactive ketones (excluding diaryl/α,β-unsaturated/α-hetero) is 2. The SMILES string of the molecule is COc1cccc(C(=O)CC(C#N)C(C)=O)c1. The summed E-state index contributed by atoms with van der Waals surface area (Å²) in [5.74, 6) is -0.810. The van der Waals surface area contributed by atoms with Crippen LogP contribution in [0.3, 0.4) is 0 Å². The molecule has 0 heterocycles. The minimum atomic E-state index is -0.867. The average Bonchev–Trinajstić information content (AvgIpc) is 2.35. The molecule has 0 amide bonds. The van der Waals surface area contributed by atoms with Gasteiger partial charge in [0.15, 0.2) is 5.78 Å². The largest absolute Gasteiger partial charge is 0.497 e. The van der Waals surface area contributed by atoms with Crippen LogP contribution in [-0.2, 0) is 4.79 Å². The fourth-order valence-electron chi connectivity index (χ4n) is 1.38. The van der Waals surface area contributed by atoms with Gasteiger partial charge in [-0.25, -0.2) is 0 Å². The topological polar surface area (TPSA) is 67.2 Å². The number of carbonyl (C=O) groups excluding carboxylic acids is 2. The third kappa shape index (κ3) is 3.42. The highest BCUT2D eigenvalue weighted by Crippen LogP contribution is 2.16. The Bertz CT molecular complexity index is 474. The molecule has 0 saturated carbocycles. The molecule has 0 saturated heterocycles. The zero-order chi connectivity index (χ0) is 12.8. The summed E-state index contributed by atoms with van der Waals surface area (Å²) >= 11 is 0. The Morgan fingerprint density at radius 3 is 2.71 bits per heavy atom. The zero-order valence-electron chi connectivity index (χ0n) is 9.77. The highest BCUT2D eigenvalue weighted by atomic mass is 16.5. The van der Waals surface area contributed by atoms with Gasteiger partial charge in [0.1, 0.15) is 17.5 Å². The molecule has 0 spiro atoms. The zero-order valence-corrected chi connectivity index (χ0v) is 9.77. The molecule has 0 aliphatic heterocycles. The van der Waals surface area contributed by atoms with Crippen LogP contribution in [0.5, 0.6) is 5.75 Å². The maximum atomic E-state index is 11.8. The lowest BCUT2D eigenvalue weighted by Gasteiger charge is -2.05. The lowest BCUT2D eigenvalue weighted by Crippen LogP contribution is -2.14. The number of methoxy groups -OCH3 is 1. The van der Waals surface area contributed by atoms with Crippen molar-refractivity contribution in [3.05, 3.63) is 29.8 Å². The van der Waals surface area contributed by atoms with E-state index in [-0.39, 0.29) is 18.0 Å². The van der Waals surface area contributed by atoms with Crippen molar-refractivity contribution >= 4 is 11.6 Å². The van der Waals surface area contributed by atoms with E-state index in [1.54, 1.807) is 24.3 Å². The van der Waals surface area contributed by atoms with Gasteiger partial charge in [-0.05, 0) is 19.1 Å². The molecule has 4 nitrogen and oxygen atoms in total. The number of rotatable bonds is 5. The summed E-state index contributed by atoms with van der Waals surface area (Å²) in [6.07, 6.45) is -0.0843.